The number of anilines is 3. The molecule has 0 aliphatic carbocycles. The summed E-state index contributed by atoms with van der Waals surface area (Å²) in [5.41, 5.74) is 1.37. The largest absolute Gasteiger partial charge is 0.504 e. The van der Waals surface area contributed by atoms with Gasteiger partial charge in [-0.25, -0.2) is 13.1 Å². The lowest BCUT2D eigenvalue weighted by Gasteiger charge is -2.20. The molecule has 0 radical (unpaired) electrons. The van der Waals surface area contributed by atoms with E-state index in [-0.39, 0.29) is 34.2 Å². The molecule has 0 aliphatic rings. The van der Waals surface area contributed by atoms with E-state index in [2.05, 4.69) is 51.8 Å². The van der Waals surface area contributed by atoms with Crippen molar-refractivity contribution in [2.24, 2.45) is 5.92 Å². The fraction of sp³-hybridized carbons (Fsp3) is 0.474. The zero-order valence-electron chi connectivity index (χ0n) is 18.0. The van der Waals surface area contributed by atoms with Crippen LogP contribution in [-0.4, -0.2) is 28.8 Å². The Labute approximate surface area is 190 Å². The molecule has 0 bridgehead atoms. The van der Waals surface area contributed by atoms with E-state index in [4.69, 9.17) is 4.42 Å². The summed E-state index contributed by atoms with van der Waals surface area (Å²) >= 11 is 1.94. The lowest BCUT2D eigenvalue weighted by atomic mass is 9.99. The van der Waals surface area contributed by atoms with E-state index < -0.39 is 10.0 Å². The molecule has 4 N–H and O–H groups in total. The van der Waals surface area contributed by atoms with Crippen molar-refractivity contribution in [3.63, 3.8) is 0 Å². The number of aromatic nitrogens is 2. The molecule has 0 fully saturated rings. The summed E-state index contributed by atoms with van der Waals surface area (Å²) in [5.74, 6) is 1.90. The maximum Gasteiger partial charge on any atom is 0.253 e. The molecular formula is C19H27N5O4S3. The lowest BCUT2D eigenvalue weighted by Crippen LogP contribution is -2.22. The standard InChI is InChI=1S/C19H27N5O4S3/c1-6-20-31(26,27)19-16(25)13(9-29-19)21-17-18(24-30-23-17)22-15(11(4)5)14-7-12(8-28-14)10(2)3/h7-11,15,20,25H,6H2,1-5H3,(H,21,23)(H,22,24)/t15-/m1/s1. The number of aromatic hydroxyl groups is 1. The van der Waals surface area contributed by atoms with Crippen LogP contribution in [0.4, 0.5) is 17.3 Å². The number of thiophene rings is 1. The van der Waals surface area contributed by atoms with Crippen LogP contribution in [0.2, 0.25) is 0 Å². The van der Waals surface area contributed by atoms with Gasteiger partial charge in [0.1, 0.15) is 5.76 Å². The summed E-state index contributed by atoms with van der Waals surface area (Å²) in [6, 6.07) is 1.90. The number of rotatable bonds is 10. The molecule has 9 nitrogen and oxygen atoms in total. The summed E-state index contributed by atoms with van der Waals surface area (Å²) < 4.78 is 41.1. The fourth-order valence-electron chi connectivity index (χ4n) is 2.91. The second kappa shape index (κ2) is 9.55. The van der Waals surface area contributed by atoms with Crippen molar-refractivity contribution < 1.29 is 17.9 Å². The summed E-state index contributed by atoms with van der Waals surface area (Å²) in [4.78, 5) is 0. The van der Waals surface area contributed by atoms with Gasteiger partial charge >= 0.3 is 0 Å². The Morgan fingerprint density at radius 3 is 2.52 bits per heavy atom. The summed E-state index contributed by atoms with van der Waals surface area (Å²) in [5, 5.41) is 18.3. The Morgan fingerprint density at radius 2 is 1.90 bits per heavy atom. The Morgan fingerprint density at radius 1 is 1.19 bits per heavy atom. The molecule has 0 saturated carbocycles. The molecular weight excluding hydrogens is 458 g/mol. The Balaban J connectivity index is 1.83. The van der Waals surface area contributed by atoms with Crippen LogP contribution >= 0.6 is 23.1 Å². The van der Waals surface area contributed by atoms with Crippen molar-refractivity contribution in [1.82, 2.24) is 13.5 Å². The van der Waals surface area contributed by atoms with Crippen LogP contribution in [0.25, 0.3) is 0 Å². The normalized spacial score (nSPS) is 13.1. The third kappa shape index (κ3) is 5.20. The Hall–Kier alpha value is -2.15. The van der Waals surface area contributed by atoms with Crippen LogP contribution in [0.1, 0.15) is 57.9 Å². The fourth-order valence-corrected chi connectivity index (χ4v) is 5.71. The highest BCUT2D eigenvalue weighted by atomic mass is 32.2. The molecule has 12 heteroatoms. The minimum atomic E-state index is -3.76. The second-order valence-electron chi connectivity index (χ2n) is 7.68. The van der Waals surface area contributed by atoms with Crippen LogP contribution < -0.4 is 15.4 Å². The molecule has 0 aromatic carbocycles. The van der Waals surface area contributed by atoms with Crippen LogP contribution in [0.15, 0.2) is 26.3 Å². The van der Waals surface area contributed by atoms with Crippen molar-refractivity contribution in [2.45, 2.75) is 50.8 Å². The lowest BCUT2D eigenvalue weighted by molar-refractivity contribution is 0.420. The zero-order valence-corrected chi connectivity index (χ0v) is 20.4. The van der Waals surface area contributed by atoms with Gasteiger partial charge in [-0.2, -0.15) is 8.75 Å². The summed E-state index contributed by atoms with van der Waals surface area (Å²) in [6.07, 6.45) is 1.77. The van der Waals surface area contributed by atoms with Crippen molar-refractivity contribution in [3.05, 3.63) is 29.0 Å². The third-order valence-electron chi connectivity index (χ3n) is 4.62. The first kappa shape index (κ1) is 23.5. The molecule has 3 aromatic heterocycles. The molecule has 0 spiro atoms. The Bertz CT molecular complexity index is 1120. The van der Waals surface area contributed by atoms with Crippen molar-refractivity contribution in [2.75, 3.05) is 17.2 Å². The second-order valence-corrected chi connectivity index (χ2v) is 11.0. The molecule has 0 aliphatic heterocycles. The first-order chi connectivity index (χ1) is 14.6. The van der Waals surface area contributed by atoms with Gasteiger partial charge in [0.15, 0.2) is 21.6 Å². The van der Waals surface area contributed by atoms with E-state index >= 15 is 0 Å². The quantitative estimate of drug-likeness (QED) is 0.320. The highest BCUT2D eigenvalue weighted by Gasteiger charge is 2.26. The molecule has 31 heavy (non-hydrogen) atoms. The molecule has 3 heterocycles. The molecule has 0 saturated heterocycles. The zero-order chi connectivity index (χ0) is 22.8. The number of furan rings is 1. The number of hydrogen-bond donors (Lipinski definition) is 4. The van der Waals surface area contributed by atoms with Gasteiger partial charge in [-0.05, 0) is 23.5 Å². The summed E-state index contributed by atoms with van der Waals surface area (Å²) in [6.45, 7) is 10.3. The van der Waals surface area contributed by atoms with E-state index in [0.29, 0.717) is 17.6 Å². The smallest absolute Gasteiger partial charge is 0.253 e. The van der Waals surface area contributed by atoms with Gasteiger partial charge < -0.3 is 20.2 Å². The molecule has 0 amide bonds. The average molecular weight is 486 g/mol. The minimum absolute atomic E-state index is 0.141. The molecule has 3 aromatic rings. The average Bonchev–Trinajstić information content (AvgIpc) is 3.41. The van der Waals surface area contributed by atoms with Crippen LogP contribution in [0.5, 0.6) is 5.75 Å². The van der Waals surface area contributed by atoms with Crippen molar-refractivity contribution >= 4 is 50.4 Å². The van der Waals surface area contributed by atoms with Crippen LogP contribution in [0.3, 0.4) is 0 Å². The van der Waals surface area contributed by atoms with E-state index in [0.717, 1.165) is 34.4 Å². The van der Waals surface area contributed by atoms with E-state index in [1.807, 2.05) is 6.07 Å². The summed E-state index contributed by atoms with van der Waals surface area (Å²) in [7, 11) is -3.76. The number of nitrogens with one attached hydrogen (secondary N) is 3. The first-order valence-electron chi connectivity index (χ1n) is 9.88. The van der Waals surface area contributed by atoms with E-state index in [1.54, 1.807) is 13.2 Å². The van der Waals surface area contributed by atoms with Gasteiger partial charge in [-0.15, -0.1) is 11.3 Å². The van der Waals surface area contributed by atoms with Gasteiger partial charge in [-0.1, -0.05) is 34.6 Å². The molecule has 3 rings (SSSR count). The number of sulfonamides is 1. The highest BCUT2D eigenvalue weighted by Crippen LogP contribution is 2.40. The maximum atomic E-state index is 12.2. The Kier molecular flexibility index (Phi) is 7.24. The third-order valence-corrected chi connectivity index (χ3v) is 8.21. The molecule has 1 atom stereocenters. The number of hydrogen-bond acceptors (Lipinski definition) is 10. The molecule has 170 valence electrons. The van der Waals surface area contributed by atoms with Crippen molar-refractivity contribution in [1.29, 1.82) is 0 Å². The van der Waals surface area contributed by atoms with E-state index in [1.165, 1.54) is 5.38 Å². The van der Waals surface area contributed by atoms with Gasteiger partial charge in [-0.3, -0.25) is 0 Å². The monoisotopic (exact) mass is 485 g/mol. The van der Waals surface area contributed by atoms with Gasteiger partial charge in [0.25, 0.3) is 10.0 Å². The van der Waals surface area contributed by atoms with Gasteiger partial charge in [0.05, 0.1) is 29.7 Å². The van der Waals surface area contributed by atoms with Crippen molar-refractivity contribution in [3.8, 4) is 5.75 Å². The molecule has 0 unspecified atom stereocenters. The van der Waals surface area contributed by atoms with Gasteiger partial charge in [0.2, 0.25) is 0 Å². The van der Waals surface area contributed by atoms with E-state index in [9.17, 15) is 13.5 Å². The highest BCUT2D eigenvalue weighted by molar-refractivity contribution is 7.91. The van der Waals surface area contributed by atoms with Crippen LogP contribution in [-0.2, 0) is 10.0 Å². The SMILES string of the molecule is CCNS(=O)(=O)c1scc(Nc2nsnc2N[C@@H](c2cc(C(C)C)co2)C(C)C)c1O. The maximum absolute atomic E-state index is 12.2. The minimum Gasteiger partial charge on any atom is -0.504 e. The predicted molar refractivity (Wildman–Crippen MR) is 124 cm³/mol. The first-order valence-corrected chi connectivity index (χ1v) is 13.0. The topological polar surface area (TPSA) is 129 Å². The number of nitrogens with zero attached hydrogens (tertiary/aromatic N) is 2. The predicted octanol–water partition coefficient (Wildman–Crippen LogP) is 4.87. The van der Waals surface area contributed by atoms with Crippen LogP contribution in [0, 0.1) is 5.92 Å². The van der Waals surface area contributed by atoms with Gasteiger partial charge in [0, 0.05) is 11.9 Å².